The molecule has 5 nitrogen and oxygen atoms in total. The Hall–Kier alpha value is 0.270. The summed E-state index contributed by atoms with van der Waals surface area (Å²) in [6, 6.07) is 0.612. The molecule has 0 aliphatic carbocycles. The van der Waals surface area contributed by atoms with Crippen LogP contribution in [0.3, 0.4) is 0 Å². The zero-order valence-electron chi connectivity index (χ0n) is 13.8. The molecule has 2 saturated heterocycles. The summed E-state index contributed by atoms with van der Waals surface area (Å²) in [5, 5.41) is 3.32. The minimum absolute atomic E-state index is 0. The number of hydrogen-bond donors (Lipinski definition) is 2. The van der Waals surface area contributed by atoms with E-state index in [1.54, 1.807) is 0 Å². The summed E-state index contributed by atoms with van der Waals surface area (Å²) >= 11 is 1.90. The Balaban J connectivity index is 0.00000242. The molecule has 0 radical (unpaired) electrons. The maximum absolute atomic E-state index is 6.05. The maximum atomic E-state index is 6.05. The summed E-state index contributed by atoms with van der Waals surface area (Å²) in [6.45, 7) is 7.96. The van der Waals surface area contributed by atoms with Gasteiger partial charge < -0.3 is 15.8 Å². The molecular formula is C15H31IN4OS. The lowest BCUT2D eigenvalue weighted by molar-refractivity contribution is 0.0794. The highest BCUT2D eigenvalue weighted by atomic mass is 127. The highest BCUT2D eigenvalue weighted by Gasteiger charge is 2.31. The number of likely N-dealkylation sites (N-methyl/N-ethyl adjacent to an activating group) is 1. The van der Waals surface area contributed by atoms with E-state index in [4.69, 9.17) is 10.5 Å². The Kier molecular flexibility index (Phi) is 9.42. The normalized spacial score (nSPS) is 25.7. The van der Waals surface area contributed by atoms with Crippen LogP contribution in [0, 0.1) is 0 Å². The van der Waals surface area contributed by atoms with E-state index in [1.807, 2.05) is 11.8 Å². The Morgan fingerprint density at radius 2 is 2.18 bits per heavy atom. The standard InChI is InChI=1S/C15H30N4OS.HI/c1-3-19-8-4-5-13(19)11-17-14(16)18-12-15(21-2)6-9-20-10-7-15;/h13H,3-12H2,1-2H3,(H3,16,17,18);1H. The zero-order valence-corrected chi connectivity index (χ0v) is 17.0. The van der Waals surface area contributed by atoms with Gasteiger partial charge in [0.25, 0.3) is 0 Å². The van der Waals surface area contributed by atoms with Crippen LogP contribution in [-0.2, 0) is 4.74 Å². The van der Waals surface area contributed by atoms with Crippen LogP contribution in [0.2, 0.25) is 0 Å². The minimum Gasteiger partial charge on any atom is -0.381 e. The van der Waals surface area contributed by atoms with Crippen molar-refractivity contribution in [3.8, 4) is 0 Å². The van der Waals surface area contributed by atoms with Crippen LogP contribution in [0.1, 0.15) is 32.6 Å². The van der Waals surface area contributed by atoms with Crippen LogP contribution < -0.4 is 11.1 Å². The third-order valence-electron chi connectivity index (χ3n) is 4.80. The average Bonchev–Trinajstić information content (AvgIpc) is 2.99. The van der Waals surface area contributed by atoms with Crippen molar-refractivity contribution in [3.05, 3.63) is 0 Å². The molecule has 0 spiro atoms. The van der Waals surface area contributed by atoms with E-state index in [0.29, 0.717) is 12.0 Å². The van der Waals surface area contributed by atoms with Gasteiger partial charge in [0.15, 0.2) is 5.96 Å². The zero-order chi connectivity index (χ0) is 15.1. The second-order valence-electron chi connectivity index (χ2n) is 6.01. The van der Waals surface area contributed by atoms with Crippen LogP contribution >= 0.6 is 35.7 Å². The number of thioether (sulfide) groups is 1. The van der Waals surface area contributed by atoms with Crippen molar-refractivity contribution in [1.29, 1.82) is 0 Å². The first-order chi connectivity index (χ1) is 10.2. The van der Waals surface area contributed by atoms with E-state index in [2.05, 4.69) is 28.4 Å². The molecule has 7 heteroatoms. The molecule has 0 aromatic rings. The van der Waals surface area contributed by atoms with Gasteiger partial charge in [-0.15, -0.1) is 24.0 Å². The van der Waals surface area contributed by atoms with Gasteiger partial charge in [-0.3, -0.25) is 9.89 Å². The van der Waals surface area contributed by atoms with Crippen LogP contribution in [-0.4, -0.2) is 67.3 Å². The third kappa shape index (κ3) is 5.72. The van der Waals surface area contributed by atoms with Gasteiger partial charge in [-0.2, -0.15) is 11.8 Å². The molecule has 2 heterocycles. The summed E-state index contributed by atoms with van der Waals surface area (Å²) in [7, 11) is 0. The molecule has 22 heavy (non-hydrogen) atoms. The van der Waals surface area contributed by atoms with Gasteiger partial charge in [0, 0.05) is 30.5 Å². The average molecular weight is 442 g/mol. The lowest BCUT2D eigenvalue weighted by atomic mass is 9.99. The Labute approximate surface area is 156 Å². The number of likely N-dealkylation sites (tertiary alicyclic amines) is 1. The van der Waals surface area contributed by atoms with Crippen molar-refractivity contribution in [2.24, 2.45) is 10.7 Å². The molecule has 0 bridgehead atoms. The monoisotopic (exact) mass is 442 g/mol. The number of aliphatic imine (C=N–C) groups is 1. The second kappa shape index (κ2) is 10.2. The molecule has 3 N–H and O–H groups in total. The number of guanidine groups is 1. The van der Waals surface area contributed by atoms with Crippen LogP contribution in [0.15, 0.2) is 4.99 Å². The molecule has 2 rings (SSSR count). The Morgan fingerprint density at radius 1 is 1.45 bits per heavy atom. The Bertz CT molecular complexity index is 350. The van der Waals surface area contributed by atoms with Crippen molar-refractivity contribution in [1.82, 2.24) is 10.2 Å². The molecular weight excluding hydrogens is 411 g/mol. The molecule has 0 amide bonds. The summed E-state index contributed by atoms with van der Waals surface area (Å²) < 4.78 is 5.67. The number of ether oxygens (including phenoxy) is 1. The van der Waals surface area contributed by atoms with Gasteiger partial charge in [0.2, 0.25) is 0 Å². The first-order valence-electron chi connectivity index (χ1n) is 8.10. The molecule has 0 aromatic heterocycles. The number of halogens is 1. The minimum atomic E-state index is 0. The summed E-state index contributed by atoms with van der Waals surface area (Å²) in [6.07, 6.45) is 6.86. The van der Waals surface area contributed by atoms with E-state index in [1.165, 1.54) is 19.4 Å². The van der Waals surface area contributed by atoms with Gasteiger partial charge in [-0.25, -0.2) is 0 Å². The topological polar surface area (TPSA) is 62.9 Å². The molecule has 0 saturated carbocycles. The molecule has 1 unspecified atom stereocenters. The van der Waals surface area contributed by atoms with Crippen molar-refractivity contribution in [2.75, 3.05) is 45.6 Å². The highest BCUT2D eigenvalue weighted by molar-refractivity contribution is 14.0. The van der Waals surface area contributed by atoms with Crippen LogP contribution in [0.5, 0.6) is 0 Å². The smallest absolute Gasteiger partial charge is 0.188 e. The van der Waals surface area contributed by atoms with Gasteiger partial charge in [0.1, 0.15) is 0 Å². The molecule has 2 fully saturated rings. The lowest BCUT2D eigenvalue weighted by Crippen LogP contribution is -2.43. The number of rotatable bonds is 6. The largest absolute Gasteiger partial charge is 0.381 e. The number of hydrogen-bond acceptors (Lipinski definition) is 4. The molecule has 0 aromatic carbocycles. The first kappa shape index (κ1) is 20.3. The van der Waals surface area contributed by atoms with Crippen molar-refractivity contribution in [2.45, 2.75) is 43.4 Å². The van der Waals surface area contributed by atoms with Gasteiger partial charge in [0.05, 0.1) is 6.54 Å². The highest BCUT2D eigenvalue weighted by Crippen LogP contribution is 2.33. The van der Waals surface area contributed by atoms with Crippen LogP contribution in [0.25, 0.3) is 0 Å². The molecule has 130 valence electrons. The summed E-state index contributed by atoms with van der Waals surface area (Å²) in [5.41, 5.74) is 6.05. The predicted molar refractivity (Wildman–Crippen MR) is 106 cm³/mol. The SMILES string of the molecule is CCN1CCCC1CNC(N)=NCC1(SC)CCOCC1.I. The fourth-order valence-electron chi connectivity index (χ4n) is 3.22. The second-order valence-corrected chi connectivity index (χ2v) is 7.28. The Morgan fingerprint density at radius 3 is 2.82 bits per heavy atom. The van der Waals surface area contributed by atoms with Crippen molar-refractivity contribution < 1.29 is 4.74 Å². The fourth-order valence-corrected chi connectivity index (χ4v) is 3.99. The number of nitrogens with one attached hydrogen (secondary N) is 1. The van der Waals surface area contributed by atoms with Gasteiger partial charge in [-0.05, 0) is 45.0 Å². The van der Waals surface area contributed by atoms with Gasteiger partial charge >= 0.3 is 0 Å². The van der Waals surface area contributed by atoms with E-state index in [0.717, 1.165) is 45.7 Å². The fraction of sp³-hybridized carbons (Fsp3) is 0.933. The van der Waals surface area contributed by atoms with E-state index >= 15 is 0 Å². The van der Waals surface area contributed by atoms with Crippen molar-refractivity contribution >= 4 is 41.7 Å². The third-order valence-corrected chi connectivity index (χ3v) is 6.20. The number of nitrogens with zero attached hydrogens (tertiary/aromatic N) is 2. The van der Waals surface area contributed by atoms with E-state index in [9.17, 15) is 0 Å². The maximum Gasteiger partial charge on any atom is 0.188 e. The lowest BCUT2D eigenvalue weighted by Gasteiger charge is -2.34. The molecule has 2 aliphatic heterocycles. The molecule has 2 aliphatic rings. The predicted octanol–water partition coefficient (Wildman–Crippen LogP) is 1.91. The summed E-state index contributed by atoms with van der Waals surface area (Å²) in [5.74, 6) is 0.595. The quantitative estimate of drug-likeness (QED) is 0.374. The summed E-state index contributed by atoms with van der Waals surface area (Å²) in [4.78, 5) is 7.11. The van der Waals surface area contributed by atoms with Crippen LogP contribution in [0.4, 0.5) is 0 Å². The molecule has 1 atom stereocenters. The first-order valence-corrected chi connectivity index (χ1v) is 9.32. The van der Waals surface area contributed by atoms with Crippen molar-refractivity contribution in [3.63, 3.8) is 0 Å². The van der Waals surface area contributed by atoms with E-state index < -0.39 is 0 Å². The van der Waals surface area contributed by atoms with E-state index in [-0.39, 0.29) is 28.7 Å². The van der Waals surface area contributed by atoms with Gasteiger partial charge in [-0.1, -0.05) is 6.92 Å². The number of nitrogens with two attached hydrogens (primary N) is 1.